The van der Waals surface area contributed by atoms with E-state index in [0.717, 1.165) is 42.6 Å². The summed E-state index contributed by atoms with van der Waals surface area (Å²) in [5, 5.41) is 6.27. The number of rotatable bonds is 2. The first-order valence-corrected chi connectivity index (χ1v) is 9.18. The summed E-state index contributed by atoms with van der Waals surface area (Å²) in [7, 11) is 0. The lowest BCUT2D eigenvalue weighted by atomic mass is 9.86. The normalized spacial score (nSPS) is 29.6. The Balaban J connectivity index is 1.55. The van der Waals surface area contributed by atoms with Gasteiger partial charge in [-0.25, -0.2) is 0 Å². The summed E-state index contributed by atoms with van der Waals surface area (Å²) in [6.07, 6.45) is 3.65. The molecule has 3 aliphatic heterocycles. The summed E-state index contributed by atoms with van der Waals surface area (Å²) in [5.74, 6) is 0.421. The van der Waals surface area contributed by atoms with Crippen molar-refractivity contribution in [2.75, 3.05) is 6.54 Å². The van der Waals surface area contributed by atoms with Gasteiger partial charge in [0, 0.05) is 23.8 Å². The van der Waals surface area contributed by atoms with E-state index in [2.05, 4.69) is 36.3 Å². The summed E-state index contributed by atoms with van der Waals surface area (Å²) in [4.78, 5) is 26.8. The Hall–Kier alpha value is -2.14. The first-order chi connectivity index (χ1) is 12.0. The molecule has 2 saturated heterocycles. The van der Waals surface area contributed by atoms with Gasteiger partial charge in [0.25, 0.3) is 5.91 Å². The molecule has 0 saturated carbocycles. The predicted molar refractivity (Wildman–Crippen MR) is 96.1 cm³/mol. The Morgan fingerprint density at radius 2 is 2.08 bits per heavy atom. The third-order valence-electron chi connectivity index (χ3n) is 5.75. The molecular weight excluding hydrogens is 314 g/mol. The number of hydrogen-bond donors (Lipinski definition) is 2. The number of allylic oxidation sites excluding steroid dienone is 1. The van der Waals surface area contributed by atoms with Crippen LogP contribution in [0.4, 0.5) is 0 Å². The maximum Gasteiger partial charge on any atom is 0.255 e. The fourth-order valence-electron chi connectivity index (χ4n) is 4.36. The van der Waals surface area contributed by atoms with E-state index in [1.165, 1.54) is 5.56 Å². The van der Waals surface area contributed by atoms with E-state index in [1.54, 1.807) is 4.90 Å². The number of carbonyl (C=O) groups excluding carboxylic acids is 2. The number of nitrogens with zero attached hydrogens (tertiary/aromatic N) is 1. The number of benzene rings is 1. The molecule has 0 aromatic heterocycles. The SMILES string of the molecule is C=C1CCC(N2Cc3cc(C4CCNC(C)C4)ccc3C2=O)C(=O)N1. The minimum atomic E-state index is -0.382. The second-order valence-electron chi connectivity index (χ2n) is 7.57. The zero-order valence-corrected chi connectivity index (χ0v) is 14.7. The molecular formula is C20H25N3O2. The lowest BCUT2D eigenvalue weighted by molar-refractivity contribution is -0.126. The van der Waals surface area contributed by atoms with Gasteiger partial charge in [-0.1, -0.05) is 18.7 Å². The third kappa shape index (κ3) is 2.97. The second kappa shape index (κ2) is 6.30. The van der Waals surface area contributed by atoms with Crippen molar-refractivity contribution in [2.24, 2.45) is 0 Å². The maximum absolute atomic E-state index is 12.8. The lowest BCUT2D eigenvalue weighted by Crippen LogP contribution is -2.49. The van der Waals surface area contributed by atoms with E-state index in [-0.39, 0.29) is 17.9 Å². The van der Waals surface area contributed by atoms with E-state index < -0.39 is 0 Å². The second-order valence-corrected chi connectivity index (χ2v) is 7.57. The average molecular weight is 339 g/mol. The molecule has 1 aromatic rings. The first kappa shape index (κ1) is 16.3. The molecule has 0 spiro atoms. The molecule has 3 atom stereocenters. The van der Waals surface area contributed by atoms with E-state index in [9.17, 15) is 9.59 Å². The number of carbonyl (C=O) groups is 2. The van der Waals surface area contributed by atoms with Crippen molar-refractivity contribution in [2.45, 2.75) is 57.2 Å². The Kier molecular flexibility index (Phi) is 4.12. The largest absolute Gasteiger partial charge is 0.329 e. The van der Waals surface area contributed by atoms with Gasteiger partial charge in [0.1, 0.15) is 6.04 Å². The van der Waals surface area contributed by atoms with Crippen molar-refractivity contribution in [1.82, 2.24) is 15.5 Å². The van der Waals surface area contributed by atoms with Gasteiger partial charge in [0.2, 0.25) is 5.91 Å². The van der Waals surface area contributed by atoms with Gasteiger partial charge < -0.3 is 15.5 Å². The van der Waals surface area contributed by atoms with Crippen LogP contribution in [0.1, 0.15) is 60.0 Å². The highest BCUT2D eigenvalue weighted by atomic mass is 16.2. The van der Waals surface area contributed by atoms with Crippen LogP contribution in [0.25, 0.3) is 0 Å². The van der Waals surface area contributed by atoms with E-state index in [0.29, 0.717) is 24.9 Å². The van der Waals surface area contributed by atoms with Gasteiger partial charge in [-0.15, -0.1) is 0 Å². The summed E-state index contributed by atoms with van der Waals surface area (Å²) in [5.41, 5.74) is 3.88. The molecule has 3 unspecified atom stereocenters. The number of piperidine rings is 2. The molecule has 132 valence electrons. The molecule has 4 rings (SSSR count). The number of hydrogen-bond acceptors (Lipinski definition) is 3. The number of nitrogens with one attached hydrogen (secondary N) is 2. The van der Waals surface area contributed by atoms with Crippen molar-refractivity contribution in [3.63, 3.8) is 0 Å². The summed E-state index contributed by atoms with van der Waals surface area (Å²) in [6, 6.07) is 6.40. The fourth-order valence-corrected chi connectivity index (χ4v) is 4.36. The van der Waals surface area contributed by atoms with Crippen LogP contribution in [-0.4, -0.2) is 35.3 Å². The fraction of sp³-hybridized carbons (Fsp3) is 0.500. The zero-order valence-electron chi connectivity index (χ0n) is 14.7. The molecule has 1 aromatic carbocycles. The highest BCUT2D eigenvalue weighted by molar-refractivity contribution is 6.01. The Labute approximate surface area is 148 Å². The monoisotopic (exact) mass is 339 g/mol. The van der Waals surface area contributed by atoms with E-state index in [1.807, 2.05) is 6.07 Å². The Morgan fingerprint density at radius 3 is 2.84 bits per heavy atom. The molecule has 2 amide bonds. The average Bonchev–Trinajstić information content (AvgIpc) is 2.91. The number of amides is 2. The third-order valence-corrected chi connectivity index (χ3v) is 5.75. The van der Waals surface area contributed by atoms with Crippen LogP contribution in [0.3, 0.4) is 0 Å². The molecule has 2 N–H and O–H groups in total. The summed E-state index contributed by atoms with van der Waals surface area (Å²) in [6.45, 7) is 7.61. The molecule has 25 heavy (non-hydrogen) atoms. The maximum atomic E-state index is 12.8. The predicted octanol–water partition coefficient (Wildman–Crippen LogP) is 2.29. The van der Waals surface area contributed by atoms with Crippen LogP contribution in [0.15, 0.2) is 30.5 Å². The molecule has 3 heterocycles. The van der Waals surface area contributed by atoms with Crippen LogP contribution in [-0.2, 0) is 11.3 Å². The smallest absolute Gasteiger partial charge is 0.255 e. The molecule has 0 bridgehead atoms. The molecule has 5 heteroatoms. The van der Waals surface area contributed by atoms with Crippen molar-refractivity contribution in [3.8, 4) is 0 Å². The Morgan fingerprint density at radius 1 is 1.24 bits per heavy atom. The van der Waals surface area contributed by atoms with Crippen molar-refractivity contribution >= 4 is 11.8 Å². The van der Waals surface area contributed by atoms with E-state index >= 15 is 0 Å². The summed E-state index contributed by atoms with van der Waals surface area (Å²) >= 11 is 0. The molecule has 0 radical (unpaired) electrons. The van der Waals surface area contributed by atoms with Crippen LogP contribution in [0.5, 0.6) is 0 Å². The van der Waals surface area contributed by atoms with Crippen molar-refractivity contribution in [3.05, 3.63) is 47.2 Å². The van der Waals surface area contributed by atoms with Crippen LogP contribution in [0.2, 0.25) is 0 Å². The first-order valence-electron chi connectivity index (χ1n) is 9.18. The topological polar surface area (TPSA) is 61.4 Å². The summed E-state index contributed by atoms with van der Waals surface area (Å²) < 4.78 is 0. The molecule has 3 aliphatic rings. The zero-order chi connectivity index (χ0) is 17.6. The van der Waals surface area contributed by atoms with Gasteiger partial charge in [-0.3, -0.25) is 9.59 Å². The Bertz CT molecular complexity index is 742. The highest BCUT2D eigenvalue weighted by Gasteiger charge is 2.38. The molecule has 2 fully saturated rings. The lowest BCUT2D eigenvalue weighted by Gasteiger charge is -2.31. The molecule has 5 nitrogen and oxygen atoms in total. The van der Waals surface area contributed by atoms with Crippen LogP contribution in [0, 0.1) is 0 Å². The van der Waals surface area contributed by atoms with Gasteiger partial charge in [0.05, 0.1) is 0 Å². The minimum Gasteiger partial charge on any atom is -0.329 e. The van der Waals surface area contributed by atoms with Crippen LogP contribution >= 0.6 is 0 Å². The van der Waals surface area contributed by atoms with Gasteiger partial charge in [-0.05, 0) is 62.3 Å². The van der Waals surface area contributed by atoms with Crippen molar-refractivity contribution < 1.29 is 9.59 Å². The number of fused-ring (bicyclic) bond motifs is 1. The van der Waals surface area contributed by atoms with E-state index in [4.69, 9.17) is 0 Å². The standard InChI is InChI=1S/C20H25N3O2/c1-12-3-6-18(19(24)22-12)23-11-16-10-14(4-5-17(16)20(23)25)15-7-8-21-13(2)9-15/h4-5,10,13,15,18,21H,1,3,6-9,11H2,2H3,(H,22,24). The minimum absolute atomic E-state index is 0.0205. The van der Waals surface area contributed by atoms with Gasteiger partial charge >= 0.3 is 0 Å². The van der Waals surface area contributed by atoms with Gasteiger partial charge in [0.15, 0.2) is 0 Å². The molecule has 0 aliphatic carbocycles. The van der Waals surface area contributed by atoms with Gasteiger partial charge in [-0.2, -0.15) is 0 Å². The quantitative estimate of drug-likeness (QED) is 0.869. The highest BCUT2D eigenvalue weighted by Crippen LogP contribution is 2.33. The van der Waals surface area contributed by atoms with Crippen LogP contribution < -0.4 is 10.6 Å². The van der Waals surface area contributed by atoms with Crippen molar-refractivity contribution in [1.29, 1.82) is 0 Å².